The summed E-state index contributed by atoms with van der Waals surface area (Å²) in [4.78, 5) is 34.4. The van der Waals surface area contributed by atoms with Crippen molar-refractivity contribution >= 4 is 28.4 Å². The molecule has 4 rings (SSSR count). The van der Waals surface area contributed by atoms with E-state index >= 15 is 0 Å². The number of hydrogen-bond acceptors (Lipinski definition) is 4. The lowest BCUT2D eigenvalue weighted by Crippen LogP contribution is -2.51. The Hall–Kier alpha value is -4.13. The highest BCUT2D eigenvalue weighted by molar-refractivity contribution is 6.01. The van der Waals surface area contributed by atoms with Gasteiger partial charge in [-0.25, -0.2) is 0 Å². The standard InChI is InChI=1S/C25H25N5O2/c1-2-30(20-6-4-3-5-7-20)16-23(24(26)31)29-25(32)18-8-9-21-19(14-18)15-22(28-21)17-10-12-27-13-11-17/h3-15,23,28H,2,16H2,1H3,(H2,26,31)(H,29,32)/t23-/m0/s1. The molecule has 0 aliphatic rings. The van der Waals surface area contributed by atoms with Crippen LogP contribution in [0, 0.1) is 0 Å². The Morgan fingerprint density at radius 2 is 1.81 bits per heavy atom. The molecule has 0 unspecified atom stereocenters. The highest BCUT2D eigenvalue weighted by Gasteiger charge is 2.22. The van der Waals surface area contributed by atoms with Gasteiger partial charge in [-0.15, -0.1) is 0 Å². The molecule has 4 N–H and O–H groups in total. The zero-order valence-electron chi connectivity index (χ0n) is 17.8. The summed E-state index contributed by atoms with van der Waals surface area (Å²) in [6.45, 7) is 2.96. The van der Waals surface area contributed by atoms with Gasteiger partial charge in [0.25, 0.3) is 5.91 Å². The lowest BCUT2D eigenvalue weighted by Gasteiger charge is -2.27. The fourth-order valence-corrected chi connectivity index (χ4v) is 3.69. The van der Waals surface area contributed by atoms with Crippen molar-refractivity contribution in [2.75, 3.05) is 18.0 Å². The molecule has 0 fully saturated rings. The minimum absolute atomic E-state index is 0.292. The minimum atomic E-state index is -0.822. The fraction of sp³-hybridized carbons (Fsp3) is 0.160. The van der Waals surface area contributed by atoms with E-state index in [-0.39, 0.29) is 5.91 Å². The Balaban J connectivity index is 1.52. The van der Waals surface area contributed by atoms with Crippen molar-refractivity contribution in [2.45, 2.75) is 13.0 Å². The summed E-state index contributed by atoms with van der Waals surface area (Å²) in [5.74, 6) is -0.915. The van der Waals surface area contributed by atoms with Crippen LogP contribution in [0.1, 0.15) is 17.3 Å². The van der Waals surface area contributed by atoms with Gasteiger partial charge >= 0.3 is 0 Å². The quantitative estimate of drug-likeness (QED) is 0.401. The molecular weight excluding hydrogens is 402 g/mol. The van der Waals surface area contributed by atoms with Crippen LogP contribution in [-0.4, -0.2) is 40.9 Å². The zero-order chi connectivity index (χ0) is 22.5. The maximum atomic E-state index is 12.9. The number of aromatic amines is 1. The van der Waals surface area contributed by atoms with E-state index in [0.29, 0.717) is 18.7 Å². The maximum absolute atomic E-state index is 12.9. The van der Waals surface area contributed by atoms with Crippen molar-refractivity contribution in [1.82, 2.24) is 15.3 Å². The third-order valence-corrected chi connectivity index (χ3v) is 5.43. The van der Waals surface area contributed by atoms with Crippen molar-refractivity contribution in [2.24, 2.45) is 5.73 Å². The summed E-state index contributed by atoms with van der Waals surface area (Å²) in [5, 5.41) is 3.70. The van der Waals surface area contributed by atoms with Crippen LogP contribution in [0.2, 0.25) is 0 Å². The normalized spacial score (nSPS) is 11.8. The van der Waals surface area contributed by atoms with E-state index in [1.54, 1.807) is 24.5 Å². The van der Waals surface area contributed by atoms with Gasteiger partial charge in [0.1, 0.15) is 6.04 Å². The lowest BCUT2D eigenvalue weighted by molar-refractivity contribution is -0.119. The number of rotatable bonds is 8. The number of aromatic nitrogens is 2. The number of nitrogens with one attached hydrogen (secondary N) is 2. The van der Waals surface area contributed by atoms with Crippen LogP contribution >= 0.6 is 0 Å². The molecule has 0 spiro atoms. The molecule has 32 heavy (non-hydrogen) atoms. The number of amides is 2. The predicted molar refractivity (Wildman–Crippen MR) is 126 cm³/mol. The minimum Gasteiger partial charge on any atom is -0.369 e. The van der Waals surface area contributed by atoms with Gasteiger partial charge in [0, 0.05) is 58.9 Å². The van der Waals surface area contributed by atoms with Crippen molar-refractivity contribution < 1.29 is 9.59 Å². The Kier molecular flexibility index (Phi) is 6.17. The second kappa shape index (κ2) is 9.34. The Bertz CT molecular complexity index is 1220. The van der Waals surface area contributed by atoms with E-state index in [9.17, 15) is 9.59 Å². The number of benzene rings is 2. The van der Waals surface area contributed by atoms with Crippen LogP contribution in [0.4, 0.5) is 5.69 Å². The molecule has 2 heterocycles. The number of primary amides is 1. The van der Waals surface area contributed by atoms with Gasteiger partial charge in [-0.05, 0) is 55.5 Å². The van der Waals surface area contributed by atoms with Gasteiger partial charge < -0.3 is 20.9 Å². The molecule has 2 amide bonds. The molecule has 1 atom stereocenters. The highest BCUT2D eigenvalue weighted by atomic mass is 16.2. The third-order valence-electron chi connectivity index (χ3n) is 5.43. The number of nitrogens with zero attached hydrogens (tertiary/aromatic N) is 2. The molecule has 0 radical (unpaired) electrons. The van der Waals surface area contributed by atoms with Crippen LogP contribution in [0.15, 0.2) is 79.1 Å². The molecule has 162 valence electrons. The van der Waals surface area contributed by atoms with E-state index < -0.39 is 11.9 Å². The summed E-state index contributed by atoms with van der Waals surface area (Å²) < 4.78 is 0. The Labute approximate surface area is 186 Å². The van der Waals surface area contributed by atoms with Crippen molar-refractivity contribution in [3.05, 3.63) is 84.7 Å². The summed E-state index contributed by atoms with van der Waals surface area (Å²) in [5.41, 5.74) is 9.91. The molecule has 7 nitrogen and oxygen atoms in total. The average molecular weight is 428 g/mol. The number of likely N-dealkylation sites (N-methyl/N-ethyl adjacent to an activating group) is 1. The number of H-pyrrole nitrogens is 1. The Morgan fingerprint density at radius 1 is 1.06 bits per heavy atom. The first kappa shape index (κ1) is 21.1. The topological polar surface area (TPSA) is 104 Å². The van der Waals surface area contributed by atoms with E-state index in [0.717, 1.165) is 27.8 Å². The number of carbonyl (C=O) groups excluding carboxylic acids is 2. The molecule has 0 saturated carbocycles. The average Bonchev–Trinajstić information content (AvgIpc) is 3.26. The third kappa shape index (κ3) is 4.62. The van der Waals surface area contributed by atoms with Crippen LogP contribution < -0.4 is 16.0 Å². The lowest BCUT2D eigenvalue weighted by atomic mass is 10.1. The van der Waals surface area contributed by atoms with Gasteiger partial charge in [0.05, 0.1) is 0 Å². The highest BCUT2D eigenvalue weighted by Crippen LogP contribution is 2.24. The van der Waals surface area contributed by atoms with Gasteiger partial charge in [-0.1, -0.05) is 18.2 Å². The zero-order valence-corrected chi connectivity index (χ0v) is 17.8. The smallest absolute Gasteiger partial charge is 0.252 e. The first-order valence-electron chi connectivity index (χ1n) is 10.5. The van der Waals surface area contributed by atoms with E-state index in [1.165, 1.54) is 0 Å². The van der Waals surface area contributed by atoms with E-state index in [4.69, 9.17) is 5.73 Å². The molecule has 0 aliphatic carbocycles. The van der Waals surface area contributed by atoms with Crippen molar-refractivity contribution in [1.29, 1.82) is 0 Å². The molecule has 7 heteroatoms. The number of fused-ring (bicyclic) bond motifs is 1. The maximum Gasteiger partial charge on any atom is 0.252 e. The predicted octanol–water partition coefficient (Wildman–Crippen LogP) is 3.34. The van der Waals surface area contributed by atoms with Gasteiger partial charge in [-0.2, -0.15) is 0 Å². The molecule has 0 aliphatic heterocycles. The number of para-hydroxylation sites is 1. The van der Waals surface area contributed by atoms with Gasteiger partial charge in [0.2, 0.25) is 5.91 Å². The van der Waals surface area contributed by atoms with Crippen LogP contribution in [0.3, 0.4) is 0 Å². The molecule has 0 saturated heterocycles. The van der Waals surface area contributed by atoms with Gasteiger partial charge in [-0.3, -0.25) is 14.6 Å². The number of nitrogens with two attached hydrogens (primary N) is 1. The molecule has 2 aromatic heterocycles. The molecular formula is C25H25N5O2. The van der Waals surface area contributed by atoms with E-state index in [2.05, 4.69) is 15.3 Å². The summed E-state index contributed by atoms with van der Waals surface area (Å²) in [6, 6.07) is 20.1. The first-order valence-corrected chi connectivity index (χ1v) is 10.5. The summed E-state index contributed by atoms with van der Waals surface area (Å²) >= 11 is 0. The number of anilines is 1. The van der Waals surface area contributed by atoms with Crippen LogP contribution in [0.5, 0.6) is 0 Å². The molecule has 0 bridgehead atoms. The second-order valence-corrected chi connectivity index (χ2v) is 7.52. The largest absolute Gasteiger partial charge is 0.369 e. The number of carbonyl (C=O) groups is 2. The van der Waals surface area contributed by atoms with Gasteiger partial charge in [0.15, 0.2) is 0 Å². The van der Waals surface area contributed by atoms with Crippen molar-refractivity contribution in [3.63, 3.8) is 0 Å². The van der Waals surface area contributed by atoms with Crippen LogP contribution in [0.25, 0.3) is 22.2 Å². The van der Waals surface area contributed by atoms with Crippen LogP contribution in [-0.2, 0) is 4.79 Å². The molecule has 2 aromatic carbocycles. The second-order valence-electron chi connectivity index (χ2n) is 7.52. The summed E-state index contributed by atoms with van der Waals surface area (Å²) in [7, 11) is 0. The fourth-order valence-electron chi connectivity index (χ4n) is 3.69. The monoisotopic (exact) mass is 427 g/mol. The van der Waals surface area contributed by atoms with Crippen molar-refractivity contribution in [3.8, 4) is 11.3 Å². The SMILES string of the molecule is CCN(C[C@H](NC(=O)c1ccc2[nH]c(-c3ccncc3)cc2c1)C(N)=O)c1ccccc1. The molecule has 4 aromatic rings. The first-order chi connectivity index (χ1) is 15.5. The number of pyridine rings is 1. The number of hydrogen-bond donors (Lipinski definition) is 3. The van der Waals surface area contributed by atoms with E-state index in [1.807, 2.05) is 66.4 Å². The Morgan fingerprint density at radius 3 is 2.50 bits per heavy atom. The summed E-state index contributed by atoms with van der Waals surface area (Å²) in [6.07, 6.45) is 3.47.